The molecular formula is C20H22N4OS. The van der Waals surface area contributed by atoms with Crippen LogP contribution in [0.25, 0.3) is 0 Å². The minimum absolute atomic E-state index is 0.743. The fourth-order valence-corrected chi connectivity index (χ4v) is 3.64. The van der Waals surface area contributed by atoms with Crippen molar-refractivity contribution in [2.45, 2.75) is 13.3 Å². The van der Waals surface area contributed by atoms with Crippen LogP contribution in [0.1, 0.15) is 17.0 Å². The molecule has 1 aliphatic heterocycles. The largest absolute Gasteiger partial charge is 0.457 e. The quantitative estimate of drug-likeness (QED) is 0.747. The van der Waals surface area contributed by atoms with Crippen LogP contribution in [0, 0.1) is 6.92 Å². The molecule has 6 heteroatoms. The van der Waals surface area contributed by atoms with Crippen molar-refractivity contribution in [3.63, 3.8) is 0 Å². The van der Waals surface area contributed by atoms with E-state index >= 15 is 0 Å². The van der Waals surface area contributed by atoms with Crippen molar-refractivity contribution in [2.75, 3.05) is 31.1 Å². The number of ether oxygens (including phenoxy) is 1. The summed E-state index contributed by atoms with van der Waals surface area (Å²) in [6.45, 7) is 6.09. The molecule has 2 heterocycles. The van der Waals surface area contributed by atoms with Gasteiger partial charge in [-0.05, 0) is 36.8 Å². The standard InChI is InChI=1S/C20H22N4OS/c1-15-2-6-17(7-3-15)25-18-8-4-16(5-9-18)14-19-22-20(26-23-19)24-12-10-21-11-13-24/h2-9,21H,10-14H2,1H3. The van der Waals surface area contributed by atoms with Crippen molar-refractivity contribution in [1.82, 2.24) is 14.7 Å². The Morgan fingerprint density at radius 3 is 2.35 bits per heavy atom. The third-order valence-electron chi connectivity index (χ3n) is 4.39. The molecule has 0 aliphatic carbocycles. The molecule has 0 atom stereocenters. The highest BCUT2D eigenvalue weighted by atomic mass is 32.1. The third kappa shape index (κ3) is 4.20. The van der Waals surface area contributed by atoms with Crippen LogP contribution in [0.15, 0.2) is 48.5 Å². The van der Waals surface area contributed by atoms with Crippen molar-refractivity contribution in [3.05, 3.63) is 65.5 Å². The minimum Gasteiger partial charge on any atom is -0.457 e. The molecule has 1 fully saturated rings. The maximum absolute atomic E-state index is 5.88. The van der Waals surface area contributed by atoms with Gasteiger partial charge in [0.05, 0.1) is 0 Å². The second-order valence-electron chi connectivity index (χ2n) is 6.47. The normalized spacial score (nSPS) is 14.4. The Balaban J connectivity index is 1.38. The molecule has 3 aromatic rings. The first-order valence-electron chi connectivity index (χ1n) is 8.88. The van der Waals surface area contributed by atoms with Gasteiger partial charge in [0.25, 0.3) is 0 Å². The van der Waals surface area contributed by atoms with Crippen LogP contribution < -0.4 is 15.0 Å². The maximum Gasteiger partial charge on any atom is 0.205 e. The van der Waals surface area contributed by atoms with E-state index in [-0.39, 0.29) is 0 Å². The van der Waals surface area contributed by atoms with Gasteiger partial charge in [0.2, 0.25) is 5.13 Å². The molecule has 5 nitrogen and oxygen atoms in total. The number of benzene rings is 2. The van der Waals surface area contributed by atoms with Crippen molar-refractivity contribution >= 4 is 16.7 Å². The van der Waals surface area contributed by atoms with Crippen LogP contribution >= 0.6 is 11.5 Å². The van der Waals surface area contributed by atoms with E-state index in [0.717, 1.165) is 55.1 Å². The van der Waals surface area contributed by atoms with Gasteiger partial charge in [-0.3, -0.25) is 0 Å². The summed E-state index contributed by atoms with van der Waals surface area (Å²) in [4.78, 5) is 7.00. The summed E-state index contributed by atoms with van der Waals surface area (Å²) in [5.74, 6) is 2.58. The van der Waals surface area contributed by atoms with Crippen molar-refractivity contribution < 1.29 is 4.74 Å². The van der Waals surface area contributed by atoms with E-state index in [1.165, 1.54) is 22.7 Å². The summed E-state index contributed by atoms with van der Waals surface area (Å²) >= 11 is 1.49. The molecule has 1 aromatic heterocycles. The molecule has 0 saturated carbocycles. The average molecular weight is 366 g/mol. The third-order valence-corrected chi connectivity index (χ3v) is 5.20. The van der Waals surface area contributed by atoms with Gasteiger partial charge in [-0.15, -0.1) is 0 Å². The number of nitrogens with one attached hydrogen (secondary N) is 1. The molecule has 26 heavy (non-hydrogen) atoms. The smallest absolute Gasteiger partial charge is 0.205 e. The Bertz CT molecular complexity index is 839. The summed E-state index contributed by atoms with van der Waals surface area (Å²) in [5, 5.41) is 4.39. The first-order valence-corrected chi connectivity index (χ1v) is 9.65. The molecule has 1 N–H and O–H groups in total. The molecule has 0 unspecified atom stereocenters. The molecule has 0 radical (unpaired) electrons. The summed E-state index contributed by atoms with van der Waals surface area (Å²) in [6, 6.07) is 16.2. The van der Waals surface area contributed by atoms with Gasteiger partial charge < -0.3 is 15.0 Å². The lowest BCUT2D eigenvalue weighted by Crippen LogP contribution is -2.43. The Morgan fingerprint density at radius 2 is 1.65 bits per heavy atom. The number of hydrogen-bond acceptors (Lipinski definition) is 6. The second-order valence-corrected chi connectivity index (χ2v) is 7.20. The van der Waals surface area contributed by atoms with E-state index < -0.39 is 0 Å². The molecule has 2 aromatic carbocycles. The predicted octanol–water partition coefficient (Wildman–Crippen LogP) is 3.64. The van der Waals surface area contributed by atoms with Crippen LogP contribution in [0.2, 0.25) is 0 Å². The fraction of sp³-hybridized carbons (Fsp3) is 0.300. The summed E-state index contributed by atoms with van der Waals surface area (Å²) in [5.41, 5.74) is 2.41. The summed E-state index contributed by atoms with van der Waals surface area (Å²) < 4.78 is 10.4. The van der Waals surface area contributed by atoms with Crippen LogP contribution in [-0.2, 0) is 6.42 Å². The second kappa shape index (κ2) is 7.85. The van der Waals surface area contributed by atoms with Crippen molar-refractivity contribution in [3.8, 4) is 11.5 Å². The van der Waals surface area contributed by atoms with Gasteiger partial charge in [0.15, 0.2) is 0 Å². The molecule has 1 saturated heterocycles. The highest BCUT2D eigenvalue weighted by Gasteiger charge is 2.15. The Kier molecular flexibility index (Phi) is 5.13. The number of aromatic nitrogens is 2. The summed E-state index contributed by atoms with van der Waals surface area (Å²) in [6.07, 6.45) is 0.743. The highest BCUT2D eigenvalue weighted by molar-refractivity contribution is 7.09. The number of nitrogens with zero attached hydrogens (tertiary/aromatic N) is 3. The predicted molar refractivity (Wildman–Crippen MR) is 105 cm³/mol. The molecule has 0 amide bonds. The molecule has 0 spiro atoms. The maximum atomic E-state index is 5.88. The zero-order valence-electron chi connectivity index (χ0n) is 14.8. The molecule has 1 aliphatic rings. The van der Waals surface area contributed by atoms with Gasteiger partial charge in [-0.25, -0.2) is 4.98 Å². The van der Waals surface area contributed by atoms with Crippen LogP contribution in [0.3, 0.4) is 0 Å². The van der Waals surface area contributed by atoms with Crippen molar-refractivity contribution in [1.29, 1.82) is 0 Å². The Morgan fingerprint density at radius 1 is 1.00 bits per heavy atom. The SMILES string of the molecule is Cc1ccc(Oc2ccc(Cc3nsc(N4CCNCC4)n3)cc2)cc1. The minimum atomic E-state index is 0.743. The molecule has 4 rings (SSSR count). The van der Waals surface area contributed by atoms with Gasteiger partial charge in [0, 0.05) is 44.1 Å². The first-order chi connectivity index (χ1) is 12.8. The fourth-order valence-electron chi connectivity index (χ4n) is 2.90. The van der Waals surface area contributed by atoms with Gasteiger partial charge >= 0.3 is 0 Å². The average Bonchev–Trinajstić information content (AvgIpc) is 3.14. The zero-order valence-corrected chi connectivity index (χ0v) is 15.6. The Labute approximate surface area is 157 Å². The lowest BCUT2D eigenvalue weighted by Gasteiger charge is -2.26. The number of hydrogen-bond donors (Lipinski definition) is 1. The first kappa shape index (κ1) is 17.0. The van der Waals surface area contributed by atoms with E-state index in [0.29, 0.717) is 0 Å². The highest BCUT2D eigenvalue weighted by Crippen LogP contribution is 2.23. The van der Waals surface area contributed by atoms with Gasteiger partial charge in [-0.1, -0.05) is 29.8 Å². The topological polar surface area (TPSA) is 50.3 Å². The number of aryl methyl sites for hydroxylation is 1. The van der Waals surface area contributed by atoms with Crippen LogP contribution in [0.5, 0.6) is 11.5 Å². The van der Waals surface area contributed by atoms with Gasteiger partial charge in [-0.2, -0.15) is 4.37 Å². The number of anilines is 1. The van der Waals surface area contributed by atoms with Crippen LogP contribution in [-0.4, -0.2) is 35.5 Å². The molecule has 134 valence electrons. The van der Waals surface area contributed by atoms with E-state index in [4.69, 9.17) is 9.72 Å². The molecule has 0 bridgehead atoms. The van der Waals surface area contributed by atoms with E-state index in [9.17, 15) is 0 Å². The lowest BCUT2D eigenvalue weighted by atomic mass is 10.1. The lowest BCUT2D eigenvalue weighted by molar-refractivity contribution is 0.482. The zero-order chi connectivity index (χ0) is 17.8. The number of piperazine rings is 1. The Hall–Kier alpha value is -2.44. The van der Waals surface area contributed by atoms with E-state index in [1.54, 1.807) is 0 Å². The van der Waals surface area contributed by atoms with Crippen molar-refractivity contribution in [2.24, 2.45) is 0 Å². The van der Waals surface area contributed by atoms with E-state index in [1.807, 2.05) is 36.4 Å². The van der Waals surface area contributed by atoms with Crippen LogP contribution in [0.4, 0.5) is 5.13 Å². The monoisotopic (exact) mass is 366 g/mol. The van der Waals surface area contributed by atoms with E-state index in [2.05, 4.69) is 33.6 Å². The summed E-state index contributed by atoms with van der Waals surface area (Å²) in [7, 11) is 0. The number of rotatable bonds is 5. The molecular weight excluding hydrogens is 344 g/mol. The van der Waals surface area contributed by atoms with Gasteiger partial charge in [0.1, 0.15) is 17.3 Å².